The van der Waals surface area contributed by atoms with E-state index in [9.17, 15) is 27.6 Å². The Morgan fingerprint density at radius 1 is 1.07 bits per heavy atom. The van der Waals surface area contributed by atoms with Crippen molar-refractivity contribution in [1.29, 1.82) is 0 Å². The Hall–Kier alpha value is -5.24. The van der Waals surface area contributed by atoms with Gasteiger partial charge in [0.15, 0.2) is 5.69 Å². The first-order valence-electron chi connectivity index (χ1n) is 13.5. The highest BCUT2D eigenvalue weighted by atomic mass is 35.5. The van der Waals surface area contributed by atoms with Crippen LogP contribution >= 0.6 is 11.6 Å². The van der Waals surface area contributed by atoms with Crippen molar-refractivity contribution in [3.05, 3.63) is 94.8 Å². The summed E-state index contributed by atoms with van der Waals surface area (Å²) < 4.78 is 40.5. The summed E-state index contributed by atoms with van der Waals surface area (Å²) in [6.45, 7) is -0.999. The van der Waals surface area contributed by atoms with E-state index < -0.39 is 48.7 Å². The van der Waals surface area contributed by atoms with Gasteiger partial charge in [0.25, 0.3) is 0 Å². The summed E-state index contributed by atoms with van der Waals surface area (Å²) >= 11 is 6.19. The highest BCUT2D eigenvalue weighted by Gasteiger charge is 2.39. The first-order chi connectivity index (χ1) is 21.4. The van der Waals surface area contributed by atoms with Crippen molar-refractivity contribution < 1.29 is 27.6 Å². The van der Waals surface area contributed by atoms with Crippen LogP contribution in [-0.4, -0.2) is 70.0 Å². The molecule has 0 radical (unpaired) electrons. The molecule has 0 saturated carbocycles. The molecule has 2 heterocycles. The first kappa shape index (κ1) is 31.2. The largest absolute Gasteiger partial charge is 0.436 e. The van der Waals surface area contributed by atoms with Gasteiger partial charge in [-0.25, -0.2) is 4.68 Å². The molecule has 11 nitrogen and oxygen atoms in total. The van der Waals surface area contributed by atoms with Gasteiger partial charge in [0, 0.05) is 41.6 Å². The Kier molecular flexibility index (Phi) is 8.86. The summed E-state index contributed by atoms with van der Waals surface area (Å²) in [6, 6.07) is 16.9. The Balaban J connectivity index is 1.44. The number of carbonyl (C=O) groups excluding carboxylic acids is 3. The summed E-state index contributed by atoms with van der Waals surface area (Å²) in [5.74, 6) is -1.69. The summed E-state index contributed by atoms with van der Waals surface area (Å²) in [5.41, 5.74) is 7.06. The predicted octanol–water partition coefficient (Wildman–Crippen LogP) is 4.00. The van der Waals surface area contributed by atoms with E-state index in [1.807, 2.05) is 6.07 Å². The number of amides is 3. The van der Waals surface area contributed by atoms with Crippen LogP contribution in [0.5, 0.6) is 0 Å². The molecule has 3 amide bonds. The number of benzene rings is 3. The Morgan fingerprint density at radius 2 is 1.82 bits per heavy atom. The number of nitrogens with one attached hydrogen (secondary N) is 1. The lowest BCUT2D eigenvalue weighted by Gasteiger charge is -2.38. The van der Waals surface area contributed by atoms with E-state index in [0.29, 0.717) is 23.1 Å². The smallest absolute Gasteiger partial charge is 0.398 e. The lowest BCUT2D eigenvalue weighted by molar-refractivity contribution is -0.143. The minimum Gasteiger partial charge on any atom is -0.398 e. The van der Waals surface area contributed by atoms with Crippen LogP contribution in [0.3, 0.4) is 0 Å². The zero-order chi connectivity index (χ0) is 32.3. The van der Waals surface area contributed by atoms with Gasteiger partial charge in [-0.2, -0.15) is 13.2 Å². The second-order valence-electron chi connectivity index (χ2n) is 10.1. The van der Waals surface area contributed by atoms with Gasteiger partial charge in [0.1, 0.15) is 19.1 Å². The van der Waals surface area contributed by atoms with Crippen LogP contribution in [-0.2, 0) is 27.0 Å². The van der Waals surface area contributed by atoms with Crippen LogP contribution in [0.2, 0.25) is 5.02 Å². The molecule has 1 aliphatic heterocycles. The standard InChI is InChI=1S/C30H26ClF3N8O3/c1-36-14-19-12-21(8-9-22(19)35)37-29(45)25(11-18-5-3-2-4-6-18)41-17-27(43)40(16-28(41)44)24-13-20(31)7-10-23(24)42-15-26(38-39-42)30(32,33)34/h2-10,12-15,25H,11,16-17,35H2,1H3,(H,37,45). The number of aliphatic imine (C=N–C) groups is 1. The normalized spacial score (nSPS) is 14.7. The zero-order valence-corrected chi connectivity index (χ0v) is 24.5. The minimum atomic E-state index is -4.74. The highest BCUT2D eigenvalue weighted by Crippen LogP contribution is 2.32. The fourth-order valence-electron chi connectivity index (χ4n) is 4.87. The van der Waals surface area contributed by atoms with Crippen LogP contribution in [0.15, 0.2) is 77.9 Å². The second kappa shape index (κ2) is 12.8. The van der Waals surface area contributed by atoms with Gasteiger partial charge < -0.3 is 16.0 Å². The molecule has 5 rings (SSSR count). The van der Waals surface area contributed by atoms with Crippen molar-refractivity contribution in [3.63, 3.8) is 0 Å². The van der Waals surface area contributed by atoms with E-state index >= 15 is 0 Å². The van der Waals surface area contributed by atoms with E-state index in [1.165, 1.54) is 23.1 Å². The van der Waals surface area contributed by atoms with E-state index in [-0.39, 0.29) is 22.8 Å². The lowest BCUT2D eigenvalue weighted by atomic mass is 10.0. The van der Waals surface area contributed by atoms with Gasteiger partial charge in [-0.05, 0) is 42.0 Å². The molecule has 1 unspecified atom stereocenters. The van der Waals surface area contributed by atoms with Crippen molar-refractivity contribution >= 4 is 52.6 Å². The predicted molar refractivity (Wildman–Crippen MR) is 162 cm³/mol. The molecule has 15 heteroatoms. The summed E-state index contributed by atoms with van der Waals surface area (Å²) in [5, 5.41) is 9.72. The summed E-state index contributed by atoms with van der Waals surface area (Å²) in [6.07, 6.45) is -2.43. The number of anilines is 3. The lowest BCUT2D eigenvalue weighted by Crippen LogP contribution is -2.60. The van der Waals surface area contributed by atoms with Gasteiger partial charge >= 0.3 is 6.18 Å². The van der Waals surface area contributed by atoms with Gasteiger partial charge in [-0.1, -0.05) is 47.1 Å². The van der Waals surface area contributed by atoms with E-state index in [0.717, 1.165) is 15.1 Å². The zero-order valence-electron chi connectivity index (χ0n) is 23.7. The van der Waals surface area contributed by atoms with E-state index in [1.54, 1.807) is 55.7 Å². The van der Waals surface area contributed by atoms with Gasteiger partial charge in [-0.15, -0.1) is 5.10 Å². The fourth-order valence-corrected chi connectivity index (χ4v) is 5.03. The molecule has 4 aromatic rings. The molecule has 3 aromatic carbocycles. The molecule has 1 aromatic heterocycles. The van der Waals surface area contributed by atoms with Crippen LogP contribution in [0.1, 0.15) is 16.8 Å². The molecule has 1 fully saturated rings. The maximum Gasteiger partial charge on any atom is 0.436 e. The Labute approximate surface area is 260 Å². The maximum atomic E-state index is 13.7. The van der Waals surface area contributed by atoms with Crippen molar-refractivity contribution in [1.82, 2.24) is 19.9 Å². The highest BCUT2D eigenvalue weighted by molar-refractivity contribution is 6.31. The monoisotopic (exact) mass is 638 g/mol. The number of aromatic nitrogens is 3. The summed E-state index contributed by atoms with van der Waals surface area (Å²) in [7, 11) is 1.58. The Morgan fingerprint density at radius 3 is 2.51 bits per heavy atom. The average Bonchev–Trinajstić information content (AvgIpc) is 3.50. The Bertz CT molecular complexity index is 1780. The van der Waals surface area contributed by atoms with Gasteiger partial charge in [0.05, 0.1) is 17.6 Å². The molecule has 0 bridgehead atoms. The maximum absolute atomic E-state index is 13.7. The molecule has 1 saturated heterocycles. The van der Waals surface area contributed by atoms with Crippen molar-refractivity contribution in [2.75, 3.05) is 36.1 Å². The van der Waals surface area contributed by atoms with Crippen molar-refractivity contribution in [3.8, 4) is 5.69 Å². The number of nitrogen functional groups attached to an aromatic ring is 1. The molecule has 1 atom stereocenters. The average molecular weight is 639 g/mol. The molecule has 1 aliphatic rings. The van der Waals surface area contributed by atoms with Crippen molar-refractivity contribution in [2.24, 2.45) is 4.99 Å². The topological polar surface area (TPSA) is 139 Å². The molecular weight excluding hydrogens is 613 g/mol. The third-order valence-electron chi connectivity index (χ3n) is 7.05. The number of nitrogens with zero attached hydrogens (tertiary/aromatic N) is 6. The van der Waals surface area contributed by atoms with Crippen molar-refractivity contribution in [2.45, 2.75) is 18.6 Å². The molecule has 232 valence electrons. The molecule has 0 aliphatic carbocycles. The number of halogens is 4. The third kappa shape index (κ3) is 6.96. The van der Waals surface area contributed by atoms with Gasteiger partial charge in [0.2, 0.25) is 17.7 Å². The first-order valence-corrected chi connectivity index (χ1v) is 13.9. The second-order valence-corrected chi connectivity index (χ2v) is 10.5. The number of nitrogens with two attached hydrogens (primary N) is 1. The molecule has 45 heavy (non-hydrogen) atoms. The number of rotatable bonds is 8. The van der Waals surface area contributed by atoms with Crippen LogP contribution < -0.4 is 16.0 Å². The number of piperazine rings is 1. The van der Waals surface area contributed by atoms with Crippen LogP contribution in [0.25, 0.3) is 5.69 Å². The molecule has 3 N–H and O–H groups in total. The van der Waals surface area contributed by atoms with Crippen LogP contribution in [0.4, 0.5) is 30.2 Å². The van der Waals surface area contributed by atoms with E-state index in [4.69, 9.17) is 17.3 Å². The molecule has 0 spiro atoms. The fraction of sp³-hybridized carbons (Fsp3) is 0.200. The number of hydrogen-bond donors (Lipinski definition) is 2. The van der Waals surface area contributed by atoms with Gasteiger partial charge in [-0.3, -0.25) is 24.3 Å². The van der Waals surface area contributed by atoms with E-state index in [2.05, 4.69) is 20.6 Å². The molecular formula is C30H26ClF3N8O3. The summed E-state index contributed by atoms with van der Waals surface area (Å²) in [4.78, 5) is 47.2. The SMILES string of the molecule is CN=Cc1cc(NC(=O)C(Cc2ccccc2)N2CC(=O)N(c3cc(Cl)ccc3-n3cc(C(F)(F)F)nn3)CC2=O)ccc1N. The number of alkyl halides is 3. The quantitative estimate of drug-likeness (QED) is 0.221. The number of carbonyl (C=O) groups is 3. The minimum absolute atomic E-state index is 0.0466. The van der Waals surface area contributed by atoms with Crippen LogP contribution in [0, 0.1) is 0 Å². The number of hydrogen-bond acceptors (Lipinski definition) is 7. The third-order valence-corrected chi connectivity index (χ3v) is 7.29.